The highest BCUT2D eigenvalue weighted by atomic mass is 32.1. The lowest BCUT2D eigenvalue weighted by molar-refractivity contribution is 0.553. The zero-order valence-electron chi connectivity index (χ0n) is 12.1. The van der Waals surface area contributed by atoms with Gasteiger partial charge < -0.3 is 5.32 Å². The number of nitrogens with one attached hydrogen (secondary N) is 1. The van der Waals surface area contributed by atoms with Gasteiger partial charge in [0.1, 0.15) is 5.01 Å². The van der Waals surface area contributed by atoms with E-state index < -0.39 is 0 Å². The van der Waals surface area contributed by atoms with Crippen LogP contribution in [0.3, 0.4) is 0 Å². The van der Waals surface area contributed by atoms with E-state index >= 15 is 0 Å². The predicted octanol–water partition coefficient (Wildman–Crippen LogP) is 3.65. The summed E-state index contributed by atoms with van der Waals surface area (Å²) in [5.74, 6) is 0.302. The zero-order valence-corrected chi connectivity index (χ0v) is 12.9. The highest BCUT2D eigenvalue weighted by Crippen LogP contribution is 2.29. The summed E-state index contributed by atoms with van der Waals surface area (Å²) in [4.78, 5) is 9.54. The van der Waals surface area contributed by atoms with Gasteiger partial charge in [-0.05, 0) is 24.9 Å². The fraction of sp³-hybridized carbons (Fsp3) is 0.467. The topological polar surface area (TPSA) is 37.8 Å². The smallest absolute Gasteiger partial charge is 0.151 e. The highest BCUT2D eigenvalue weighted by molar-refractivity contribution is 7.15. The molecule has 0 spiro atoms. The Morgan fingerprint density at radius 2 is 2.20 bits per heavy atom. The van der Waals surface area contributed by atoms with Crippen molar-refractivity contribution in [1.29, 1.82) is 0 Å². The van der Waals surface area contributed by atoms with Crippen molar-refractivity contribution in [3.05, 3.63) is 34.8 Å². The van der Waals surface area contributed by atoms with Crippen LogP contribution in [-0.2, 0) is 13.0 Å². The fourth-order valence-electron chi connectivity index (χ4n) is 1.94. The van der Waals surface area contributed by atoms with Crippen molar-refractivity contribution in [2.75, 3.05) is 6.54 Å². The Morgan fingerprint density at radius 1 is 1.40 bits per heavy atom. The summed E-state index contributed by atoms with van der Waals surface area (Å²) in [6, 6.07) is 1.68. The van der Waals surface area contributed by atoms with Gasteiger partial charge in [0.05, 0.1) is 11.9 Å². The number of nitrogens with zero attached hydrogens (tertiary/aromatic N) is 2. The average molecular weight is 293 g/mol. The molecule has 0 atom stereocenters. The third-order valence-corrected chi connectivity index (χ3v) is 4.09. The van der Waals surface area contributed by atoms with Crippen LogP contribution in [0.5, 0.6) is 0 Å². The molecule has 2 heterocycles. The first kappa shape index (κ1) is 15.1. The number of rotatable bonds is 6. The molecule has 2 rings (SSSR count). The molecular formula is C15H20FN3S. The number of hydrogen-bond acceptors (Lipinski definition) is 4. The molecule has 3 nitrogen and oxygen atoms in total. The monoisotopic (exact) mass is 293 g/mol. The lowest BCUT2D eigenvalue weighted by Gasteiger charge is -2.06. The molecule has 0 aromatic carbocycles. The van der Waals surface area contributed by atoms with Gasteiger partial charge in [0.25, 0.3) is 0 Å². The van der Waals surface area contributed by atoms with Crippen LogP contribution < -0.4 is 5.32 Å². The van der Waals surface area contributed by atoms with Gasteiger partial charge >= 0.3 is 0 Å². The Hall–Kier alpha value is -1.33. The summed E-state index contributed by atoms with van der Waals surface area (Å²) in [6.07, 6.45) is 3.70. The minimum Gasteiger partial charge on any atom is -0.312 e. The van der Waals surface area contributed by atoms with E-state index in [0.29, 0.717) is 11.5 Å². The molecule has 0 aliphatic rings. The average Bonchev–Trinajstić information content (AvgIpc) is 2.82. The van der Waals surface area contributed by atoms with E-state index in [2.05, 4.69) is 36.1 Å². The van der Waals surface area contributed by atoms with Gasteiger partial charge in [-0.25, -0.2) is 9.37 Å². The van der Waals surface area contributed by atoms with E-state index in [0.717, 1.165) is 30.2 Å². The summed E-state index contributed by atoms with van der Waals surface area (Å²) < 4.78 is 13.8. The Kier molecular flexibility index (Phi) is 5.20. The predicted molar refractivity (Wildman–Crippen MR) is 81.2 cm³/mol. The molecule has 20 heavy (non-hydrogen) atoms. The molecule has 5 heteroatoms. The van der Waals surface area contributed by atoms with Crippen molar-refractivity contribution < 1.29 is 4.39 Å². The summed E-state index contributed by atoms with van der Waals surface area (Å²) >= 11 is 1.56. The van der Waals surface area contributed by atoms with Crippen molar-refractivity contribution in [3.8, 4) is 10.6 Å². The number of aryl methyl sites for hydroxylation is 1. The molecule has 0 amide bonds. The summed E-state index contributed by atoms with van der Waals surface area (Å²) in [5.41, 5.74) is 1.59. The minimum absolute atomic E-state index is 0.314. The molecule has 1 N–H and O–H groups in total. The minimum atomic E-state index is -0.314. The van der Waals surface area contributed by atoms with Gasteiger partial charge in [-0.3, -0.25) is 4.98 Å². The molecular weight excluding hydrogens is 273 g/mol. The quantitative estimate of drug-likeness (QED) is 0.883. The number of pyridine rings is 1. The number of hydrogen-bond donors (Lipinski definition) is 1. The first-order chi connectivity index (χ1) is 9.61. The number of thiazole rings is 1. The molecule has 0 saturated heterocycles. The molecule has 0 unspecified atom stereocenters. The fourth-order valence-corrected chi connectivity index (χ4v) is 3.08. The largest absolute Gasteiger partial charge is 0.312 e. The second kappa shape index (κ2) is 6.90. The van der Waals surface area contributed by atoms with Gasteiger partial charge in [0, 0.05) is 23.2 Å². The maximum atomic E-state index is 13.8. The summed E-state index contributed by atoms with van der Waals surface area (Å²) in [6.45, 7) is 8.20. The van der Waals surface area contributed by atoms with E-state index in [1.54, 1.807) is 23.6 Å². The molecule has 2 aromatic heterocycles. The Balaban J connectivity index is 2.20. The normalized spacial score (nSPS) is 11.2. The third-order valence-electron chi connectivity index (χ3n) is 2.95. The van der Waals surface area contributed by atoms with Gasteiger partial charge in [-0.15, -0.1) is 11.3 Å². The second-order valence-corrected chi connectivity index (χ2v) is 6.21. The van der Waals surface area contributed by atoms with Crippen molar-refractivity contribution in [2.24, 2.45) is 5.92 Å². The first-order valence-corrected chi connectivity index (χ1v) is 7.72. The van der Waals surface area contributed by atoms with Gasteiger partial charge in [-0.1, -0.05) is 20.8 Å². The van der Waals surface area contributed by atoms with E-state index in [9.17, 15) is 4.39 Å². The second-order valence-electron chi connectivity index (χ2n) is 5.12. The molecule has 2 aromatic rings. The number of halogens is 1. The molecule has 0 radical (unpaired) electrons. The molecule has 0 aliphatic carbocycles. The van der Waals surface area contributed by atoms with Crippen LogP contribution in [0.2, 0.25) is 0 Å². The van der Waals surface area contributed by atoms with Crippen LogP contribution in [0.15, 0.2) is 18.5 Å². The SMILES string of the molecule is CCc1nc(-c2ccncc2F)sc1CNCC(C)C. The molecule has 0 aliphatic heterocycles. The van der Waals surface area contributed by atoms with E-state index in [1.165, 1.54) is 11.1 Å². The Bertz CT molecular complexity index is 566. The zero-order chi connectivity index (χ0) is 14.5. The van der Waals surface area contributed by atoms with Crippen LogP contribution in [0.4, 0.5) is 4.39 Å². The molecule has 0 fully saturated rings. The van der Waals surface area contributed by atoms with Crippen molar-refractivity contribution >= 4 is 11.3 Å². The van der Waals surface area contributed by atoms with Crippen LogP contribution in [0, 0.1) is 11.7 Å². The lowest BCUT2D eigenvalue weighted by Crippen LogP contribution is -2.18. The van der Waals surface area contributed by atoms with E-state index in [4.69, 9.17) is 0 Å². The van der Waals surface area contributed by atoms with Crippen LogP contribution in [-0.4, -0.2) is 16.5 Å². The van der Waals surface area contributed by atoms with Crippen molar-refractivity contribution in [1.82, 2.24) is 15.3 Å². The standard InChI is InChI=1S/C15H20FN3S/c1-4-13-14(9-18-7-10(2)3)20-15(19-13)11-5-6-17-8-12(11)16/h5-6,8,10,18H,4,7,9H2,1-3H3. The Morgan fingerprint density at radius 3 is 2.85 bits per heavy atom. The van der Waals surface area contributed by atoms with Crippen molar-refractivity contribution in [3.63, 3.8) is 0 Å². The van der Waals surface area contributed by atoms with Crippen LogP contribution >= 0.6 is 11.3 Å². The lowest BCUT2D eigenvalue weighted by atomic mass is 10.2. The van der Waals surface area contributed by atoms with E-state index in [1.807, 2.05) is 0 Å². The van der Waals surface area contributed by atoms with Gasteiger partial charge in [0.15, 0.2) is 5.82 Å². The summed E-state index contributed by atoms with van der Waals surface area (Å²) in [7, 11) is 0. The van der Waals surface area contributed by atoms with Crippen LogP contribution in [0.25, 0.3) is 10.6 Å². The Labute approximate surface area is 123 Å². The third kappa shape index (κ3) is 3.61. The van der Waals surface area contributed by atoms with Crippen molar-refractivity contribution in [2.45, 2.75) is 33.7 Å². The summed E-state index contributed by atoms with van der Waals surface area (Å²) in [5, 5.41) is 4.16. The molecule has 0 saturated carbocycles. The van der Waals surface area contributed by atoms with Gasteiger partial charge in [-0.2, -0.15) is 0 Å². The maximum Gasteiger partial charge on any atom is 0.151 e. The van der Waals surface area contributed by atoms with Crippen LogP contribution in [0.1, 0.15) is 31.3 Å². The number of aromatic nitrogens is 2. The molecule has 108 valence electrons. The first-order valence-electron chi connectivity index (χ1n) is 6.91. The molecule has 0 bridgehead atoms. The highest BCUT2D eigenvalue weighted by Gasteiger charge is 2.14. The maximum absolute atomic E-state index is 13.8. The van der Waals surface area contributed by atoms with Gasteiger partial charge in [0.2, 0.25) is 0 Å². The van der Waals surface area contributed by atoms with E-state index in [-0.39, 0.29) is 5.82 Å².